The van der Waals surface area contributed by atoms with Gasteiger partial charge in [-0.1, -0.05) is 12.1 Å². The summed E-state index contributed by atoms with van der Waals surface area (Å²) in [6.07, 6.45) is 3.82. The molecule has 0 unspecified atom stereocenters. The molecule has 4 aromatic rings. The molecule has 6 nitrogen and oxygen atoms in total. The molecule has 0 spiro atoms. The van der Waals surface area contributed by atoms with E-state index in [4.69, 9.17) is 4.74 Å². The second-order valence-corrected chi connectivity index (χ2v) is 7.39. The van der Waals surface area contributed by atoms with Gasteiger partial charge in [-0.05, 0) is 42.0 Å². The van der Waals surface area contributed by atoms with Crippen molar-refractivity contribution in [3.05, 3.63) is 82.7 Å². The Kier molecular flexibility index (Phi) is 5.35. The van der Waals surface area contributed by atoms with Crippen LogP contribution in [0.2, 0.25) is 0 Å². The lowest BCUT2D eigenvalue weighted by molar-refractivity contribution is 0.102. The summed E-state index contributed by atoms with van der Waals surface area (Å²) in [5.74, 6) is 0.168. The Bertz CT molecular complexity index is 1120. The predicted octanol–water partition coefficient (Wildman–Crippen LogP) is 4.52. The zero-order chi connectivity index (χ0) is 20.2. The van der Waals surface area contributed by atoms with Crippen molar-refractivity contribution < 1.29 is 13.9 Å². The summed E-state index contributed by atoms with van der Waals surface area (Å²) in [6.45, 7) is 0. The van der Waals surface area contributed by atoms with E-state index in [1.54, 1.807) is 25.4 Å². The van der Waals surface area contributed by atoms with Gasteiger partial charge in [0.1, 0.15) is 11.6 Å². The molecule has 0 atom stereocenters. The average molecular weight is 408 g/mol. The second kappa shape index (κ2) is 8.24. The molecule has 0 fully saturated rings. The first-order valence-electron chi connectivity index (χ1n) is 8.80. The Hall–Kier alpha value is -3.52. The number of carbonyl (C=O) groups is 1. The van der Waals surface area contributed by atoms with Gasteiger partial charge in [-0.15, -0.1) is 11.3 Å². The number of H-pyrrole nitrogens is 1. The smallest absolute Gasteiger partial charge is 0.261 e. The van der Waals surface area contributed by atoms with E-state index in [1.165, 1.54) is 29.7 Å². The molecule has 0 saturated carbocycles. The lowest BCUT2D eigenvalue weighted by Crippen LogP contribution is -2.11. The van der Waals surface area contributed by atoms with Gasteiger partial charge in [0, 0.05) is 23.1 Å². The number of hydrogen-bond donors (Lipinski definition) is 2. The van der Waals surface area contributed by atoms with Crippen LogP contribution in [0.3, 0.4) is 0 Å². The summed E-state index contributed by atoms with van der Waals surface area (Å²) in [7, 11) is 1.60. The molecule has 4 rings (SSSR count). The van der Waals surface area contributed by atoms with E-state index in [-0.39, 0.29) is 11.7 Å². The lowest BCUT2D eigenvalue weighted by atomic mass is 10.1. The van der Waals surface area contributed by atoms with Gasteiger partial charge < -0.3 is 4.74 Å². The molecule has 0 aliphatic carbocycles. The molecule has 2 N–H and O–H groups in total. The Labute approximate surface area is 170 Å². The number of aromatic nitrogens is 3. The third-order valence-corrected chi connectivity index (χ3v) is 5.24. The average Bonchev–Trinajstić information content (AvgIpc) is 3.39. The number of methoxy groups -OCH3 is 1. The fourth-order valence-electron chi connectivity index (χ4n) is 2.85. The highest BCUT2D eigenvalue weighted by atomic mass is 32.1. The molecule has 0 aliphatic rings. The van der Waals surface area contributed by atoms with Gasteiger partial charge in [-0.2, -0.15) is 5.10 Å². The first kappa shape index (κ1) is 18.8. The van der Waals surface area contributed by atoms with E-state index in [9.17, 15) is 9.18 Å². The Morgan fingerprint density at radius 1 is 1.14 bits per heavy atom. The van der Waals surface area contributed by atoms with Gasteiger partial charge >= 0.3 is 0 Å². The summed E-state index contributed by atoms with van der Waals surface area (Å²) < 4.78 is 18.2. The number of ether oxygens (including phenoxy) is 1. The van der Waals surface area contributed by atoms with Crippen LogP contribution in [0.25, 0.3) is 11.3 Å². The number of thiazole rings is 1. The van der Waals surface area contributed by atoms with Gasteiger partial charge in [-0.3, -0.25) is 15.2 Å². The Morgan fingerprint density at radius 2 is 1.90 bits per heavy atom. The molecule has 0 bridgehead atoms. The minimum atomic E-state index is -0.299. The van der Waals surface area contributed by atoms with Gasteiger partial charge in [0.05, 0.1) is 24.6 Å². The summed E-state index contributed by atoms with van der Waals surface area (Å²) in [5.41, 5.74) is 2.84. The molecule has 1 amide bonds. The number of nitrogens with one attached hydrogen (secondary N) is 2. The van der Waals surface area contributed by atoms with Crippen LogP contribution >= 0.6 is 11.3 Å². The van der Waals surface area contributed by atoms with Crippen LogP contribution in [0.5, 0.6) is 5.75 Å². The predicted molar refractivity (Wildman–Crippen MR) is 110 cm³/mol. The molecule has 0 saturated heterocycles. The van der Waals surface area contributed by atoms with Crippen LogP contribution in [0.4, 0.5) is 9.52 Å². The second-order valence-electron chi connectivity index (χ2n) is 6.28. The maximum Gasteiger partial charge on any atom is 0.261 e. The fourth-order valence-corrected chi connectivity index (χ4v) is 3.69. The van der Waals surface area contributed by atoms with Gasteiger partial charge in [0.25, 0.3) is 5.91 Å². The Balaban J connectivity index is 1.47. The summed E-state index contributed by atoms with van der Waals surface area (Å²) in [6, 6.07) is 13.7. The number of anilines is 1. The van der Waals surface area contributed by atoms with Crippen molar-refractivity contribution in [1.29, 1.82) is 0 Å². The van der Waals surface area contributed by atoms with E-state index in [1.807, 2.05) is 24.3 Å². The van der Waals surface area contributed by atoms with Crippen molar-refractivity contribution in [3.8, 4) is 17.0 Å². The van der Waals surface area contributed by atoms with E-state index in [2.05, 4.69) is 20.5 Å². The molecule has 2 aromatic carbocycles. The number of aromatic amines is 1. The van der Waals surface area contributed by atoms with Crippen molar-refractivity contribution in [2.24, 2.45) is 0 Å². The van der Waals surface area contributed by atoms with Gasteiger partial charge in [0.15, 0.2) is 5.13 Å². The van der Waals surface area contributed by atoms with Crippen molar-refractivity contribution in [1.82, 2.24) is 15.2 Å². The molecule has 2 heterocycles. The summed E-state index contributed by atoms with van der Waals surface area (Å²) in [4.78, 5) is 18.0. The molecule has 2 aromatic heterocycles. The number of hydrogen-bond acceptors (Lipinski definition) is 5. The minimum Gasteiger partial charge on any atom is -0.497 e. The number of amides is 1. The largest absolute Gasteiger partial charge is 0.497 e. The van der Waals surface area contributed by atoms with Crippen LogP contribution < -0.4 is 10.1 Å². The van der Waals surface area contributed by atoms with Gasteiger partial charge in [0.2, 0.25) is 0 Å². The van der Waals surface area contributed by atoms with Crippen LogP contribution in [-0.4, -0.2) is 28.2 Å². The monoisotopic (exact) mass is 408 g/mol. The number of rotatable bonds is 6. The van der Waals surface area contributed by atoms with Crippen LogP contribution in [-0.2, 0) is 6.42 Å². The summed E-state index contributed by atoms with van der Waals surface area (Å²) >= 11 is 1.38. The quantitative estimate of drug-likeness (QED) is 0.491. The molecule has 0 radical (unpaired) electrons. The first-order chi connectivity index (χ1) is 14.1. The number of halogens is 1. The van der Waals surface area contributed by atoms with Crippen molar-refractivity contribution >= 4 is 22.4 Å². The highest BCUT2D eigenvalue weighted by Gasteiger charge is 2.17. The Morgan fingerprint density at radius 3 is 2.62 bits per heavy atom. The molecule has 146 valence electrons. The molecule has 8 heteroatoms. The van der Waals surface area contributed by atoms with Crippen molar-refractivity contribution in [2.45, 2.75) is 6.42 Å². The van der Waals surface area contributed by atoms with Crippen LogP contribution in [0, 0.1) is 5.82 Å². The van der Waals surface area contributed by atoms with E-state index in [0.29, 0.717) is 22.8 Å². The van der Waals surface area contributed by atoms with E-state index < -0.39 is 0 Å². The molecular weight excluding hydrogens is 391 g/mol. The van der Waals surface area contributed by atoms with Crippen LogP contribution in [0.15, 0.2) is 60.9 Å². The number of carbonyl (C=O) groups excluding carboxylic acids is 1. The SMILES string of the molecule is COc1ccc(-c2[nH]ncc2C(=O)Nc2ncc(Cc3ccc(F)cc3)s2)cc1. The molecular formula is C21H17FN4O2S. The molecule has 0 aliphatic heterocycles. The van der Waals surface area contributed by atoms with Crippen LogP contribution in [0.1, 0.15) is 20.8 Å². The maximum atomic E-state index is 13.0. The zero-order valence-corrected chi connectivity index (χ0v) is 16.3. The minimum absolute atomic E-state index is 0.265. The standard InChI is InChI=1S/C21H17FN4O2S/c1-28-16-8-4-14(5-9-16)19-18(12-24-26-19)20(27)25-21-23-11-17(29-21)10-13-2-6-15(22)7-3-13/h2-9,11-12H,10H2,1H3,(H,24,26)(H,23,25,27). The third kappa shape index (κ3) is 4.33. The van der Waals surface area contributed by atoms with E-state index >= 15 is 0 Å². The fraction of sp³-hybridized carbons (Fsp3) is 0.0952. The number of benzene rings is 2. The van der Waals surface area contributed by atoms with E-state index in [0.717, 1.165) is 21.8 Å². The van der Waals surface area contributed by atoms with Crippen molar-refractivity contribution in [2.75, 3.05) is 12.4 Å². The number of nitrogens with zero attached hydrogens (tertiary/aromatic N) is 2. The normalized spacial score (nSPS) is 10.7. The maximum absolute atomic E-state index is 13.0. The topological polar surface area (TPSA) is 79.9 Å². The van der Waals surface area contributed by atoms with Crippen molar-refractivity contribution in [3.63, 3.8) is 0 Å². The summed E-state index contributed by atoms with van der Waals surface area (Å²) in [5, 5.41) is 10.2. The van der Waals surface area contributed by atoms with Gasteiger partial charge in [-0.25, -0.2) is 9.37 Å². The lowest BCUT2D eigenvalue weighted by Gasteiger charge is -2.05. The third-order valence-electron chi connectivity index (χ3n) is 4.33. The highest BCUT2D eigenvalue weighted by Crippen LogP contribution is 2.26. The molecule has 29 heavy (non-hydrogen) atoms. The zero-order valence-electron chi connectivity index (χ0n) is 15.5. The highest BCUT2D eigenvalue weighted by molar-refractivity contribution is 7.15. The first-order valence-corrected chi connectivity index (χ1v) is 9.62.